The molecule has 0 fully saturated rings. The summed E-state index contributed by atoms with van der Waals surface area (Å²) in [6.45, 7) is 4.72. The fourth-order valence-corrected chi connectivity index (χ4v) is 3.58. The predicted molar refractivity (Wildman–Crippen MR) is 101 cm³/mol. The molecule has 0 radical (unpaired) electrons. The van der Waals surface area contributed by atoms with E-state index in [9.17, 15) is 13.2 Å². The molecule has 3 rings (SSSR count). The molecule has 26 heavy (non-hydrogen) atoms. The zero-order valence-electron chi connectivity index (χ0n) is 15.0. The highest BCUT2D eigenvalue weighted by Crippen LogP contribution is 2.16. The van der Waals surface area contributed by atoms with Crippen molar-refractivity contribution in [2.75, 3.05) is 12.8 Å². The van der Waals surface area contributed by atoms with Crippen molar-refractivity contribution in [3.8, 4) is 0 Å². The zero-order chi connectivity index (χ0) is 18.9. The van der Waals surface area contributed by atoms with Gasteiger partial charge in [0.2, 0.25) is 0 Å². The number of amides is 1. The maximum Gasteiger partial charge on any atom is 0.251 e. The van der Waals surface area contributed by atoms with Crippen LogP contribution >= 0.6 is 0 Å². The molecule has 0 aliphatic carbocycles. The van der Waals surface area contributed by atoms with Crippen LogP contribution in [0, 0.1) is 13.8 Å². The average Bonchev–Trinajstić information content (AvgIpc) is 2.90. The van der Waals surface area contributed by atoms with Crippen LogP contribution in [0.5, 0.6) is 0 Å². The van der Waals surface area contributed by atoms with Crippen LogP contribution in [0.3, 0.4) is 0 Å². The average molecular weight is 371 g/mol. The molecule has 0 saturated heterocycles. The molecule has 0 bridgehead atoms. The second-order valence-corrected chi connectivity index (χ2v) is 8.32. The lowest BCUT2D eigenvalue weighted by molar-refractivity contribution is 0.0951. The Kier molecular flexibility index (Phi) is 4.82. The quantitative estimate of drug-likeness (QED) is 0.747. The summed E-state index contributed by atoms with van der Waals surface area (Å²) < 4.78 is 25.5. The maximum absolute atomic E-state index is 12.5. The predicted octanol–water partition coefficient (Wildman–Crippen LogP) is 2.49. The number of rotatable bonds is 5. The number of nitrogens with zero attached hydrogens (tertiary/aromatic N) is 2. The monoisotopic (exact) mass is 371 g/mol. The molecule has 6 nitrogen and oxygen atoms in total. The Morgan fingerprint density at radius 1 is 1.15 bits per heavy atom. The van der Waals surface area contributed by atoms with Crippen molar-refractivity contribution < 1.29 is 13.2 Å². The first-order valence-electron chi connectivity index (χ1n) is 8.28. The fraction of sp³-hybridized carbons (Fsp3) is 0.263. The van der Waals surface area contributed by atoms with Crippen LogP contribution in [0.2, 0.25) is 0 Å². The van der Waals surface area contributed by atoms with Crippen LogP contribution in [0.25, 0.3) is 11.0 Å². The Hall–Kier alpha value is -2.67. The number of aromatic nitrogens is 2. The number of benzene rings is 2. The molecule has 0 aliphatic heterocycles. The molecule has 1 heterocycles. The van der Waals surface area contributed by atoms with E-state index in [0.29, 0.717) is 18.7 Å². The number of fused-ring (bicyclic) bond motifs is 1. The summed E-state index contributed by atoms with van der Waals surface area (Å²) in [5, 5.41) is 2.87. The smallest absolute Gasteiger partial charge is 0.251 e. The maximum atomic E-state index is 12.5. The van der Waals surface area contributed by atoms with E-state index >= 15 is 0 Å². The Labute approximate surface area is 152 Å². The number of carbonyl (C=O) groups is 1. The second kappa shape index (κ2) is 6.92. The van der Waals surface area contributed by atoms with E-state index in [-0.39, 0.29) is 10.8 Å². The number of aryl methyl sites for hydroxylation is 2. The van der Waals surface area contributed by atoms with E-state index in [4.69, 9.17) is 0 Å². The highest BCUT2D eigenvalue weighted by Gasteiger charge is 2.14. The highest BCUT2D eigenvalue weighted by atomic mass is 32.2. The number of hydrogen-bond donors (Lipinski definition) is 1. The number of carbonyl (C=O) groups excluding carboxylic acids is 1. The van der Waals surface area contributed by atoms with Gasteiger partial charge >= 0.3 is 0 Å². The summed E-state index contributed by atoms with van der Waals surface area (Å²) in [6.07, 6.45) is 1.13. The third-order valence-electron chi connectivity index (χ3n) is 4.35. The molecule has 0 saturated carbocycles. The Morgan fingerprint density at radius 3 is 2.62 bits per heavy atom. The van der Waals surface area contributed by atoms with Gasteiger partial charge in [-0.05, 0) is 43.7 Å². The van der Waals surface area contributed by atoms with Gasteiger partial charge in [-0.15, -0.1) is 0 Å². The lowest BCUT2D eigenvalue weighted by Gasteiger charge is -2.11. The van der Waals surface area contributed by atoms with E-state index in [1.165, 1.54) is 12.1 Å². The van der Waals surface area contributed by atoms with Crippen LogP contribution in [0.1, 0.15) is 21.7 Å². The number of sulfone groups is 1. The molecule has 3 aromatic rings. The molecule has 7 heteroatoms. The second-order valence-electron chi connectivity index (χ2n) is 6.30. The summed E-state index contributed by atoms with van der Waals surface area (Å²) in [7, 11) is -3.35. The Morgan fingerprint density at radius 2 is 1.88 bits per heavy atom. The molecule has 1 amide bonds. The third-order valence-corrected chi connectivity index (χ3v) is 5.46. The van der Waals surface area contributed by atoms with Crippen LogP contribution in [-0.4, -0.2) is 36.7 Å². The normalized spacial score (nSPS) is 11.7. The molecule has 1 N–H and O–H groups in total. The van der Waals surface area contributed by atoms with Crippen molar-refractivity contribution in [2.45, 2.75) is 25.3 Å². The number of hydrogen-bond acceptors (Lipinski definition) is 4. The minimum atomic E-state index is -3.35. The van der Waals surface area contributed by atoms with Crippen LogP contribution in [0.4, 0.5) is 0 Å². The lowest BCUT2D eigenvalue weighted by Crippen LogP contribution is -2.28. The summed E-state index contributed by atoms with van der Waals surface area (Å²) >= 11 is 0. The van der Waals surface area contributed by atoms with E-state index in [0.717, 1.165) is 28.7 Å². The van der Waals surface area contributed by atoms with Gasteiger partial charge in [0.25, 0.3) is 5.91 Å². The molecule has 0 aliphatic rings. The first-order valence-corrected chi connectivity index (χ1v) is 10.2. The fourth-order valence-electron chi connectivity index (χ4n) is 2.93. The zero-order valence-corrected chi connectivity index (χ0v) is 15.8. The van der Waals surface area contributed by atoms with Crippen molar-refractivity contribution in [3.05, 3.63) is 59.4 Å². The molecule has 1 aromatic heterocycles. The van der Waals surface area contributed by atoms with E-state index < -0.39 is 9.84 Å². The van der Waals surface area contributed by atoms with Gasteiger partial charge in [-0.1, -0.05) is 18.2 Å². The van der Waals surface area contributed by atoms with Gasteiger partial charge in [-0.25, -0.2) is 13.4 Å². The first-order chi connectivity index (χ1) is 12.3. The van der Waals surface area contributed by atoms with Gasteiger partial charge in [0.05, 0.1) is 15.9 Å². The van der Waals surface area contributed by atoms with Gasteiger partial charge < -0.3 is 9.88 Å². The van der Waals surface area contributed by atoms with Gasteiger partial charge in [0.1, 0.15) is 5.82 Å². The topological polar surface area (TPSA) is 81.1 Å². The highest BCUT2D eigenvalue weighted by molar-refractivity contribution is 7.90. The standard InChI is InChI=1S/C19H21N3O3S/c1-13-8-9-15(26(3,24)25)12-16(13)19(23)20-10-11-22-14(2)21-17-6-4-5-7-18(17)22/h4-9,12H,10-11H2,1-3H3,(H,20,23). The van der Waals surface area contributed by atoms with Crippen molar-refractivity contribution in [2.24, 2.45) is 0 Å². The SMILES string of the molecule is Cc1ccc(S(C)(=O)=O)cc1C(=O)NCCn1c(C)nc2ccccc21. The van der Waals surface area contributed by atoms with Gasteiger partial charge in [0.15, 0.2) is 9.84 Å². The van der Waals surface area contributed by atoms with E-state index in [2.05, 4.69) is 14.9 Å². The molecular weight excluding hydrogens is 350 g/mol. The van der Waals surface area contributed by atoms with Crippen molar-refractivity contribution >= 4 is 26.8 Å². The van der Waals surface area contributed by atoms with Crippen molar-refractivity contribution in [1.82, 2.24) is 14.9 Å². The molecule has 0 atom stereocenters. The minimum Gasteiger partial charge on any atom is -0.350 e. The van der Waals surface area contributed by atoms with Crippen molar-refractivity contribution in [3.63, 3.8) is 0 Å². The van der Waals surface area contributed by atoms with Gasteiger partial charge in [-0.2, -0.15) is 0 Å². The van der Waals surface area contributed by atoms with Crippen LogP contribution in [0.15, 0.2) is 47.4 Å². The van der Waals surface area contributed by atoms with Crippen LogP contribution < -0.4 is 5.32 Å². The Bertz CT molecular complexity index is 1080. The van der Waals surface area contributed by atoms with Gasteiger partial charge in [-0.3, -0.25) is 4.79 Å². The summed E-state index contributed by atoms with van der Waals surface area (Å²) in [5.41, 5.74) is 3.06. The van der Waals surface area contributed by atoms with E-state index in [1.54, 1.807) is 13.0 Å². The largest absolute Gasteiger partial charge is 0.350 e. The van der Waals surface area contributed by atoms with E-state index in [1.807, 2.05) is 31.2 Å². The molecule has 2 aromatic carbocycles. The Balaban J connectivity index is 1.74. The summed E-state index contributed by atoms with van der Waals surface area (Å²) in [4.78, 5) is 17.1. The van der Waals surface area contributed by atoms with Gasteiger partial charge in [0, 0.05) is 24.9 Å². The van der Waals surface area contributed by atoms with Crippen LogP contribution in [-0.2, 0) is 16.4 Å². The third kappa shape index (κ3) is 3.62. The number of para-hydroxylation sites is 2. The number of nitrogens with one attached hydrogen (secondary N) is 1. The molecule has 136 valence electrons. The number of imidazole rings is 1. The lowest BCUT2D eigenvalue weighted by atomic mass is 10.1. The first kappa shape index (κ1) is 18.1. The minimum absolute atomic E-state index is 0.143. The molecular formula is C19H21N3O3S. The summed E-state index contributed by atoms with van der Waals surface area (Å²) in [6, 6.07) is 12.4. The molecule has 0 unspecified atom stereocenters. The van der Waals surface area contributed by atoms with Crippen molar-refractivity contribution in [1.29, 1.82) is 0 Å². The summed E-state index contributed by atoms with van der Waals surface area (Å²) in [5.74, 6) is 0.603. The molecule has 0 spiro atoms.